The van der Waals surface area contributed by atoms with Crippen LogP contribution in [0, 0.1) is 0 Å². The number of benzene rings is 1. The van der Waals surface area contributed by atoms with Gasteiger partial charge in [-0.3, -0.25) is 10.1 Å². The number of alkyl halides is 2. The predicted molar refractivity (Wildman–Crippen MR) is 54.8 cm³/mol. The first-order chi connectivity index (χ1) is 7.84. The van der Waals surface area contributed by atoms with Gasteiger partial charge in [-0.1, -0.05) is 12.1 Å². The van der Waals surface area contributed by atoms with Gasteiger partial charge in [-0.2, -0.15) is 0 Å². The Morgan fingerprint density at radius 3 is 2.24 bits per heavy atom. The largest absolute Gasteiger partial charge is 0.427 e. The molecule has 1 aromatic carbocycles. The summed E-state index contributed by atoms with van der Waals surface area (Å²) in [5.41, 5.74) is 0.0795. The van der Waals surface area contributed by atoms with E-state index in [1.807, 2.05) is 0 Å². The predicted octanol–water partition coefficient (Wildman–Crippen LogP) is 2.80. The van der Waals surface area contributed by atoms with E-state index in [0.717, 1.165) is 0 Å². The molecule has 0 radical (unpaired) electrons. The van der Waals surface area contributed by atoms with Gasteiger partial charge in [-0.25, -0.2) is 13.7 Å². The number of carbonyl (C=O) groups excluding carboxylic acids is 1. The number of carbonyl (C=O) groups is 1. The lowest BCUT2D eigenvalue weighted by atomic mass is 10.0. The minimum atomic E-state index is -3.22. The Bertz CT molecular complexity index is 383. The SMILES string of the molecule is CC(=O)Oc1ccc(C(OO)C(C)(F)F)cc1. The smallest absolute Gasteiger partial charge is 0.308 e. The van der Waals surface area contributed by atoms with Gasteiger partial charge in [0.1, 0.15) is 5.75 Å². The summed E-state index contributed by atoms with van der Waals surface area (Å²) < 4.78 is 30.8. The van der Waals surface area contributed by atoms with E-state index in [1.165, 1.54) is 31.2 Å². The normalized spacial score (nSPS) is 13.2. The quantitative estimate of drug-likeness (QED) is 0.384. The molecule has 0 fully saturated rings. The lowest BCUT2D eigenvalue weighted by Crippen LogP contribution is -2.24. The second-order valence-corrected chi connectivity index (χ2v) is 3.60. The van der Waals surface area contributed by atoms with Gasteiger partial charge in [0.15, 0.2) is 6.10 Å². The Balaban J connectivity index is 2.89. The average molecular weight is 246 g/mol. The van der Waals surface area contributed by atoms with E-state index in [0.29, 0.717) is 6.92 Å². The molecule has 0 saturated carbocycles. The summed E-state index contributed by atoms with van der Waals surface area (Å²) in [6.07, 6.45) is -1.76. The number of ether oxygens (including phenoxy) is 1. The van der Waals surface area contributed by atoms with Crippen LogP contribution in [0.1, 0.15) is 25.5 Å². The van der Waals surface area contributed by atoms with Crippen molar-refractivity contribution in [3.8, 4) is 5.75 Å². The molecule has 0 saturated heterocycles. The van der Waals surface area contributed by atoms with Gasteiger partial charge in [-0.15, -0.1) is 0 Å². The highest BCUT2D eigenvalue weighted by atomic mass is 19.3. The van der Waals surface area contributed by atoms with Gasteiger partial charge in [0, 0.05) is 13.8 Å². The van der Waals surface area contributed by atoms with E-state index < -0.39 is 18.0 Å². The molecule has 1 aromatic rings. The molecule has 0 spiro atoms. The fourth-order valence-electron chi connectivity index (χ4n) is 1.32. The van der Waals surface area contributed by atoms with E-state index in [2.05, 4.69) is 4.89 Å². The fourth-order valence-corrected chi connectivity index (χ4v) is 1.32. The molecule has 0 amide bonds. The minimum Gasteiger partial charge on any atom is -0.427 e. The highest BCUT2D eigenvalue weighted by molar-refractivity contribution is 5.69. The van der Waals surface area contributed by atoms with Gasteiger partial charge in [0.05, 0.1) is 0 Å². The van der Waals surface area contributed by atoms with Gasteiger partial charge < -0.3 is 4.74 Å². The number of rotatable bonds is 4. The summed E-state index contributed by atoms with van der Waals surface area (Å²) >= 11 is 0. The van der Waals surface area contributed by atoms with Gasteiger partial charge >= 0.3 is 5.97 Å². The third kappa shape index (κ3) is 3.76. The fraction of sp³-hybridized carbons (Fsp3) is 0.364. The molecule has 0 aliphatic carbocycles. The van der Waals surface area contributed by atoms with Crippen LogP contribution in [0.25, 0.3) is 0 Å². The molecule has 1 rings (SSSR count). The molecule has 17 heavy (non-hydrogen) atoms. The molecule has 1 unspecified atom stereocenters. The zero-order valence-corrected chi connectivity index (χ0v) is 9.31. The van der Waals surface area contributed by atoms with E-state index in [9.17, 15) is 13.6 Å². The van der Waals surface area contributed by atoms with Crippen molar-refractivity contribution in [1.29, 1.82) is 0 Å². The van der Waals surface area contributed by atoms with Crippen LogP contribution in [0.4, 0.5) is 8.78 Å². The van der Waals surface area contributed by atoms with Crippen molar-refractivity contribution in [2.75, 3.05) is 0 Å². The van der Waals surface area contributed by atoms with Crippen molar-refractivity contribution in [1.82, 2.24) is 0 Å². The highest BCUT2D eigenvalue weighted by Crippen LogP contribution is 2.34. The number of hydrogen-bond donors (Lipinski definition) is 1. The van der Waals surface area contributed by atoms with E-state index in [4.69, 9.17) is 9.99 Å². The maximum atomic E-state index is 13.0. The molecule has 94 valence electrons. The molecule has 0 aliphatic rings. The van der Waals surface area contributed by atoms with Crippen LogP contribution in [0.3, 0.4) is 0 Å². The van der Waals surface area contributed by atoms with Crippen molar-refractivity contribution in [3.63, 3.8) is 0 Å². The topological polar surface area (TPSA) is 55.8 Å². The number of esters is 1. The zero-order chi connectivity index (χ0) is 13.1. The number of hydrogen-bond acceptors (Lipinski definition) is 4. The molecule has 0 heterocycles. The molecular formula is C11H12F2O4. The Hall–Kier alpha value is -1.53. The Morgan fingerprint density at radius 2 is 1.88 bits per heavy atom. The molecular weight excluding hydrogens is 234 g/mol. The first-order valence-corrected chi connectivity index (χ1v) is 4.81. The molecule has 0 aliphatic heterocycles. The Morgan fingerprint density at radius 1 is 1.35 bits per heavy atom. The Labute approximate surface area is 96.7 Å². The van der Waals surface area contributed by atoms with E-state index >= 15 is 0 Å². The van der Waals surface area contributed by atoms with Gasteiger partial charge in [0.25, 0.3) is 5.92 Å². The maximum absolute atomic E-state index is 13.0. The average Bonchev–Trinajstić information content (AvgIpc) is 2.18. The van der Waals surface area contributed by atoms with E-state index in [1.54, 1.807) is 0 Å². The first-order valence-electron chi connectivity index (χ1n) is 4.81. The monoisotopic (exact) mass is 246 g/mol. The molecule has 4 nitrogen and oxygen atoms in total. The summed E-state index contributed by atoms with van der Waals surface area (Å²) in [5.74, 6) is -3.50. The van der Waals surface area contributed by atoms with Crippen LogP contribution in [0.15, 0.2) is 24.3 Å². The highest BCUT2D eigenvalue weighted by Gasteiger charge is 2.37. The van der Waals surface area contributed by atoms with Crippen LogP contribution in [-0.4, -0.2) is 17.1 Å². The van der Waals surface area contributed by atoms with E-state index in [-0.39, 0.29) is 11.3 Å². The molecule has 1 N–H and O–H groups in total. The van der Waals surface area contributed by atoms with Crippen LogP contribution >= 0.6 is 0 Å². The number of halogens is 2. The van der Waals surface area contributed by atoms with Crippen LogP contribution in [0.5, 0.6) is 5.75 Å². The lowest BCUT2D eigenvalue weighted by Gasteiger charge is -2.20. The van der Waals surface area contributed by atoms with Crippen molar-refractivity contribution in [3.05, 3.63) is 29.8 Å². The van der Waals surface area contributed by atoms with Crippen LogP contribution < -0.4 is 4.74 Å². The summed E-state index contributed by atoms with van der Waals surface area (Å²) in [6, 6.07) is 5.26. The van der Waals surface area contributed by atoms with Crippen LogP contribution in [-0.2, 0) is 9.68 Å². The van der Waals surface area contributed by atoms with Crippen LogP contribution in [0.2, 0.25) is 0 Å². The molecule has 0 bridgehead atoms. The minimum absolute atomic E-state index is 0.0795. The van der Waals surface area contributed by atoms with Crippen molar-refractivity contribution in [2.45, 2.75) is 25.9 Å². The summed E-state index contributed by atoms with van der Waals surface area (Å²) in [4.78, 5) is 14.4. The first kappa shape index (κ1) is 13.5. The molecule has 0 aromatic heterocycles. The van der Waals surface area contributed by atoms with Gasteiger partial charge in [-0.05, 0) is 17.7 Å². The third-order valence-electron chi connectivity index (χ3n) is 2.01. The molecule has 1 atom stereocenters. The summed E-state index contributed by atoms with van der Waals surface area (Å²) in [6.45, 7) is 1.86. The zero-order valence-electron chi connectivity index (χ0n) is 9.31. The summed E-state index contributed by atoms with van der Waals surface area (Å²) in [7, 11) is 0. The van der Waals surface area contributed by atoms with Gasteiger partial charge in [0.2, 0.25) is 0 Å². The Kier molecular flexibility index (Phi) is 4.14. The summed E-state index contributed by atoms with van der Waals surface area (Å²) in [5, 5.41) is 8.46. The lowest BCUT2D eigenvalue weighted by molar-refractivity contribution is -0.324. The van der Waals surface area contributed by atoms with Crippen molar-refractivity contribution >= 4 is 5.97 Å². The maximum Gasteiger partial charge on any atom is 0.308 e. The third-order valence-corrected chi connectivity index (χ3v) is 2.01. The standard InChI is InChI=1S/C11H12F2O4/c1-7(14)16-9-5-3-8(4-6-9)10(17-15)11(2,12)13/h3-6,10,15H,1-2H3. The van der Waals surface area contributed by atoms with Crippen molar-refractivity contribution in [2.24, 2.45) is 0 Å². The molecule has 6 heteroatoms. The second kappa shape index (κ2) is 5.20. The second-order valence-electron chi connectivity index (χ2n) is 3.60. The van der Waals surface area contributed by atoms with Crippen molar-refractivity contribution < 1.29 is 28.5 Å².